The monoisotopic (exact) mass is 259 g/mol. The Morgan fingerprint density at radius 2 is 2.21 bits per heavy atom. The average Bonchev–Trinajstić information content (AvgIpc) is 3.15. The molecule has 1 saturated carbocycles. The van der Waals surface area contributed by atoms with Gasteiger partial charge >= 0.3 is 5.97 Å². The van der Waals surface area contributed by atoms with E-state index in [0.29, 0.717) is 12.5 Å². The van der Waals surface area contributed by atoms with Crippen LogP contribution >= 0.6 is 0 Å². The zero-order valence-corrected chi connectivity index (χ0v) is 11.5. The number of piperidine rings is 1. The minimum atomic E-state index is -0.122. The quantitative estimate of drug-likeness (QED) is 0.778. The Bertz CT molecular complexity index is 459. The third-order valence-corrected chi connectivity index (χ3v) is 4.52. The van der Waals surface area contributed by atoms with E-state index in [2.05, 4.69) is 29.2 Å². The van der Waals surface area contributed by atoms with Gasteiger partial charge in [-0.25, -0.2) is 0 Å². The highest BCUT2D eigenvalue weighted by molar-refractivity contribution is 5.81. The van der Waals surface area contributed by atoms with Crippen LogP contribution < -0.4 is 0 Å². The number of fused-ring (bicyclic) bond motifs is 1. The van der Waals surface area contributed by atoms with E-state index in [1.165, 1.54) is 5.56 Å². The van der Waals surface area contributed by atoms with Crippen LogP contribution in [0, 0.1) is 11.3 Å². The molecule has 1 aliphatic carbocycles. The number of carbonyl (C=O) groups is 1. The molecule has 1 aliphatic heterocycles. The molecule has 1 aromatic rings. The van der Waals surface area contributed by atoms with E-state index in [4.69, 9.17) is 4.74 Å². The Morgan fingerprint density at radius 3 is 2.89 bits per heavy atom. The van der Waals surface area contributed by atoms with E-state index in [1.807, 2.05) is 13.0 Å². The van der Waals surface area contributed by atoms with E-state index >= 15 is 0 Å². The number of nitrogens with zero attached hydrogens (tertiary/aromatic N) is 1. The molecule has 3 heteroatoms. The highest BCUT2D eigenvalue weighted by Gasteiger charge is 2.62. The topological polar surface area (TPSA) is 29.5 Å². The largest absolute Gasteiger partial charge is 0.466 e. The second-order valence-corrected chi connectivity index (χ2v) is 5.75. The smallest absolute Gasteiger partial charge is 0.312 e. The summed E-state index contributed by atoms with van der Waals surface area (Å²) in [7, 11) is 0. The predicted octanol–water partition coefficient (Wildman–Crippen LogP) is 2.46. The summed E-state index contributed by atoms with van der Waals surface area (Å²) in [5, 5.41) is 0. The Hall–Kier alpha value is -1.35. The molecule has 19 heavy (non-hydrogen) atoms. The summed E-state index contributed by atoms with van der Waals surface area (Å²) < 4.78 is 5.22. The maximum absolute atomic E-state index is 12.0. The van der Waals surface area contributed by atoms with Crippen molar-refractivity contribution in [2.24, 2.45) is 11.3 Å². The number of esters is 1. The van der Waals surface area contributed by atoms with Gasteiger partial charge in [0.15, 0.2) is 0 Å². The molecule has 0 amide bonds. The van der Waals surface area contributed by atoms with Crippen LogP contribution in [0.1, 0.15) is 25.3 Å². The minimum Gasteiger partial charge on any atom is -0.466 e. The van der Waals surface area contributed by atoms with Crippen LogP contribution in [0.3, 0.4) is 0 Å². The van der Waals surface area contributed by atoms with E-state index < -0.39 is 0 Å². The molecule has 1 heterocycles. The van der Waals surface area contributed by atoms with Gasteiger partial charge in [-0.3, -0.25) is 9.69 Å². The van der Waals surface area contributed by atoms with Gasteiger partial charge in [0.2, 0.25) is 0 Å². The fraction of sp³-hybridized carbons (Fsp3) is 0.562. The Morgan fingerprint density at radius 1 is 1.42 bits per heavy atom. The van der Waals surface area contributed by atoms with Gasteiger partial charge in [-0.1, -0.05) is 30.3 Å². The number of hydrogen-bond acceptors (Lipinski definition) is 3. The maximum Gasteiger partial charge on any atom is 0.312 e. The van der Waals surface area contributed by atoms with Crippen molar-refractivity contribution < 1.29 is 9.53 Å². The van der Waals surface area contributed by atoms with Crippen LogP contribution in [0.25, 0.3) is 0 Å². The van der Waals surface area contributed by atoms with Crippen LogP contribution in [0.2, 0.25) is 0 Å². The molecule has 3 rings (SSSR count). The van der Waals surface area contributed by atoms with Gasteiger partial charge in [-0.05, 0) is 37.8 Å². The van der Waals surface area contributed by atoms with Gasteiger partial charge in [0, 0.05) is 13.1 Å². The lowest BCUT2D eigenvalue weighted by molar-refractivity contribution is -0.151. The van der Waals surface area contributed by atoms with E-state index in [0.717, 1.165) is 32.5 Å². The first-order valence-corrected chi connectivity index (χ1v) is 7.18. The molecule has 0 radical (unpaired) electrons. The van der Waals surface area contributed by atoms with Crippen LogP contribution in [-0.4, -0.2) is 30.6 Å². The van der Waals surface area contributed by atoms with Gasteiger partial charge in [0.25, 0.3) is 0 Å². The van der Waals surface area contributed by atoms with E-state index in [-0.39, 0.29) is 11.4 Å². The average molecular weight is 259 g/mol. The molecular weight excluding hydrogens is 238 g/mol. The van der Waals surface area contributed by atoms with E-state index in [1.54, 1.807) is 0 Å². The van der Waals surface area contributed by atoms with Crippen molar-refractivity contribution in [3.8, 4) is 0 Å². The number of likely N-dealkylation sites (tertiary alicyclic amines) is 1. The van der Waals surface area contributed by atoms with Crippen LogP contribution in [0.5, 0.6) is 0 Å². The number of carbonyl (C=O) groups excluding carboxylic acids is 1. The Balaban J connectivity index is 1.57. The van der Waals surface area contributed by atoms with Gasteiger partial charge in [-0.2, -0.15) is 0 Å². The van der Waals surface area contributed by atoms with Gasteiger partial charge in [0.1, 0.15) is 0 Å². The summed E-state index contributed by atoms with van der Waals surface area (Å²) in [6.45, 7) is 5.42. The number of ether oxygens (including phenoxy) is 1. The maximum atomic E-state index is 12.0. The van der Waals surface area contributed by atoms with Crippen molar-refractivity contribution in [2.75, 3.05) is 19.7 Å². The Kier molecular flexibility index (Phi) is 3.31. The lowest BCUT2D eigenvalue weighted by Gasteiger charge is -2.30. The van der Waals surface area contributed by atoms with Crippen LogP contribution in [0.15, 0.2) is 30.3 Å². The molecule has 0 spiro atoms. The van der Waals surface area contributed by atoms with Crippen LogP contribution in [0.4, 0.5) is 0 Å². The SMILES string of the molecule is CCOC(=O)[C@@]12CCN(Cc3ccccc3)C[C@@H]1C2. The van der Waals surface area contributed by atoms with Crippen molar-refractivity contribution in [3.05, 3.63) is 35.9 Å². The highest BCUT2D eigenvalue weighted by atomic mass is 16.5. The first-order chi connectivity index (χ1) is 9.24. The van der Waals surface area contributed by atoms with Crippen molar-refractivity contribution >= 4 is 5.97 Å². The molecule has 2 aliphatic rings. The number of benzene rings is 1. The zero-order chi connectivity index (χ0) is 13.3. The zero-order valence-electron chi connectivity index (χ0n) is 11.5. The third kappa shape index (κ3) is 2.39. The molecule has 3 nitrogen and oxygen atoms in total. The number of hydrogen-bond donors (Lipinski definition) is 0. The van der Waals surface area contributed by atoms with Crippen molar-refractivity contribution in [2.45, 2.75) is 26.3 Å². The van der Waals surface area contributed by atoms with E-state index in [9.17, 15) is 4.79 Å². The normalized spacial score (nSPS) is 29.6. The summed E-state index contributed by atoms with van der Waals surface area (Å²) in [5.74, 6) is 0.559. The fourth-order valence-electron chi connectivity index (χ4n) is 3.30. The highest BCUT2D eigenvalue weighted by Crippen LogP contribution is 2.58. The molecule has 102 valence electrons. The molecule has 2 fully saturated rings. The summed E-state index contributed by atoms with van der Waals surface area (Å²) in [4.78, 5) is 14.4. The molecule has 0 N–H and O–H groups in total. The van der Waals surface area contributed by atoms with Crippen molar-refractivity contribution in [3.63, 3.8) is 0 Å². The third-order valence-electron chi connectivity index (χ3n) is 4.52. The van der Waals surface area contributed by atoms with Crippen LogP contribution in [-0.2, 0) is 16.1 Å². The predicted molar refractivity (Wildman–Crippen MR) is 73.5 cm³/mol. The van der Waals surface area contributed by atoms with Crippen molar-refractivity contribution in [1.82, 2.24) is 4.90 Å². The molecule has 1 aromatic carbocycles. The summed E-state index contributed by atoms with van der Waals surface area (Å²) in [6.07, 6.45) is 1.99. The second-order valence-electron chi connectivity index (χ2n) is 5.75. The standard InChI is InChI=1S/C16H21NO2/c1-2-19-15(18)16-8-9-17(12-14(16)10-16)11-13-6-4-3-5-7-13/h3-7,14H,2,8-12H2,1H3/t14-,16+/m0/s1. The molecule has 0 aromatic heterocycles. The van der Waals surface area contributed by atoms with Gasteiger partial charge in [-0.15, -0.1) is 0 Å². The molecule has 1 saturated heterocycles. The summed E-state index contributed by atoms with van der Waals surface area (Å²) in [6, 6.07) is 10.5. The first-order valence-electron chi connectivity index (χ1n) is 7.18. The minimum absolute atomic E-state index is 0.0411. The van der Waals surface area contributed by atoms with Gasteiger partial charge in [0.05, 0.1) is 12.0 Å². The summed E-state index contributed by atoms with van der Waals surface area (Å²) in [5.41, 5.74) is 1.23. The summed E-state index contributed by atoms with van der Waals surface area (Å²) >= 11 is 0. The number of rotatable bonds is 4. The van der Waals surface area contributed by atoms with Crippen molar-refractivity contribution in [1.29, 1.82) is 0 Å². The molecular formula is C16H21NO2. The lowest BCUT2D eigenvalue weighted by Crippen LogP contribution is -2.38. The second kappa shape index (κ2) is 4.97. The lowest BCUT2D eigenvalue weighted by atomic mass is 9.95. The molecule has 0 unspecified atom stereocenters. The molecule has 2 atom stereocenters. The van der Waals surface area contributed by atoms with Gasteiger partial charge < -0.3 is 4.74 Å². The first kappa shape index (κ1) is 12.7. The fourth-order valence-corrected chi connectivity index (χ4v) is 3.30. The molecule has 0 bridgehead atoms. The Labute approximate surface area is 114 Å².